The summed E-state index contributed by atoms with van der Waals surface area (Å²) in [5.41, 5.74) is 10.5. The Labute approximate surface area is 134 Å². The van der Waals surface area contributed by atoms with E-state index in [2.05, 4.69) is 15.4 Å². The van der Waals surface area contributed by atoms with Crippen LogP contribution in [0.5, 0.6) is 0 Å². The number of carbonyl (C=O) groups excluding carboxylic acids is 1. The maximum atomic E-state index is 12.7. The fourth-order valence-electron chi connectivity index (χ4n) is 2.68. The van der Waals surface area contributed by atoms with Crippen LogP contribution in [0, 0.1) is 13.8 Å². The standard InChI is InChI=1S/C17H19N5O/c1-10-4-12(8-18)7-13(5-10)21-17(23)14-6-11(2)20-16-15(14)9-19-22(16)3/h4-7,9H,8,18H2,1-3H3,(H,21,23). The molecule has 0 aliphatic rings. The van der Waals surface area contributed by atoms with Crippen LogP contribution < -0.4 is 11.1 Å². The van der Waals surface area contributed by atoms with Crippen LogP contribution in [0.4, 0.5) is 5.69 Å². The van der Waals surface area contributed by atoms with E-state index < -0.39 is 0 Å². The van der Waals surface area contributed by atoms with E-state index in [1.165, 1.54) is 0 Å². The summed E-state index contributed by atoms with van der Waals surface area (Å²) in [5, 5.41) is 7.87. The summed E-state index contributed by atoms with van der Waals surface area (Å²) >= 11 is 0. The molecule has 2 heterocycles. The number of amides is 1. The maximum Gasteiger partial charge on any atom is 0.256 e. The highest BCUT2D eigenvalue weighted by Gasteiger charge is 2.15. The van der Waals surface area contributed by atoms with Gasteiger partial charge in [0.15, 0.2) is 5.65 Å². The topological polar surface area (TPSA) is 85.8 Å². The third kappa shape index (κ3) is 2.93. The fraction of sp³-hybridized carbons (Fsp3) is 0.235. The molecule has 118 valence electrons. The average molecular weight is 309 g/mol. The van der Waals surface area contributed by atoms with Gasteiger partial charge in [0.05, 0.1) is 17.1 Å². The van der Waals surface area contributed by atoms with Crippen LogP contribution in [0.15, 0.2) is 30.5 Å². The first kappa shape index (κ1) is 15.2. The first-order valence-corrected chi connectivity index (χ1v) is 7.39. The van der Waals surface area contributed by atoms with Gasteiger partial charge in [0.25, 0.3) is 5.91 Å². The number of aryl methyl sites for hydroxylation is 3. The Balaban J connectivity index is 2.00. The second-order valence-corrected chi connectivity index (χ2v) is 5.68. The van der Waals surface area contributed by atoms with Crippen molar-refractivity contribution in [3.63, 3.8) is 0 Å². The minimum atomic E-state index is -0.179. The summed E-state index contributed by atoms with van der Waals surface area (Å²) in [6.45, 7) is 4.28. The molecule has 0 spiro atoms. The Morgan fingerprint density at radius 2 is 2.04 bits per heavy atom. The third-order valence-corrected chi connectivity index (χ3v) is 3.71. The molecule has 23 heavy (non-hydrogen) atoms. The molecule has 0 radical (unpaired) electrons. The van der Waals surface area contributed by atoms with Gasteiger partial charge < -0.3 is 11.1 Å². The molecule has 3 N–H and O–H groups in total. The van der Waals surface area contributed by atoms with Crippen LogP contribution in [0.3, 0.4) is 0 Å². The van der Waals surface area contributed by atoms with E-state index in [4.69, 9.17) is 5.73 Å². The molecule has 3 aromatic rings. The second kappa shape index (κ2) is 5.81. The molecule has 0 atom stereocenters. The van der Waals surface area contributed by atoms with E-state index in [-0.39, 0.29) is 5.91 Å². The number of nitrogens with zero attached hydrogens (tertiary/aromatic N) is 3. The zero-order valence-electron chi connectivity index (χ0n) is 13.4. The molecule has 6 heteroatoms. The number of nitrogens with one attached hydrogen (secondary N) is 1. The molecule has 0 aliphatic heterocycles. The average Bonchev–Trinajstić information content (AvgIpc) is 2.87. The fourth-order valence-corrected chi connectivity index (χ4v) is 2.68. The van der Waals surface area contributed by atoms with Gasteiger partial charge in [-0.2, -0.15) is 5.10 Å². The molecule has 6 nitrogen and oxygen atoms in total. The van der Waals surface area contributed by atoms with E-state index in [1.54, 1.807) is 16.9 Å². The lowest BCUT2D eigenvalue weighted by Gasteiger charge is -2.10. The SMILES string of the molecule is Cc1cc(CN)cc(NC(=O)c2cc(C)nc3c2cnn3C)c1. The summed E-state index contributed by atoms with van der Waals surface area (Å²) in [6, 6.07) is 7.59. The zero-order chi connectivity index (χ0) is 16.6. The monoisotopic (exact) mass is 309 g/mol. The van der Waals surface area contributed by atoms with Crippen molar-refractivity contribution in [3.8, 4) is 0 Å². The molecule has 0 fully saturated rings. The molecule has 0 bridgehead atoms. The number of hydrogen-bond donors (Lipinski definition) is 2. The smallest absolute Gasteiger partial charge is 0.256 e. The highest BCUT2D eigenvalue weighted by molar-refractivity contribution is 6.12. The second-order valence-electron chi connectivity index (χ2n) is 5.68. The van der Waals surface area contributed by atoms with Crippen LogP contribution in [-0.2, 0) is 13.6 Å². The number of nitrogens with two attached hydrogens (primary N) is 1. The van der Waals surface area contributed by atoms with Crippen LogP contribution >= 0.6 is 0 Å². The van der Waals surface area contributed by atoms with E-state index >= 15 is 0 Å². The van der Waals surface area contributed by atoms with Gasteiger partial charge in [0.1, 0.15) is 0 Å². The lowest BCUT2D eigenvalue weighted by molar-refractivity contribution is 0.102. The molecule has 2 aromatic heterocycles. The Morgan fingerprint density at radius 1 is 1.26 bits per heavy atom. The molecule has 0 saturated heterocycles. The number of aromatic nitrogens is 3. The predicted octanol–water partition coefficient (Wildman–Crippen LogP) is 2.30. The van der Waals surface area contributed by atoms with Crippen molar-refractivity contribution in [1.82, 2.24) is 14.8 Å². The Morgan fingerprint density at radius 3 is 2.78 bits per heavy atom. The Hall–Kier alpha value is -2.73. The van der Waals surface area contributed by atoms with Gasteiger partial charge in [0, 0.05) is 25.0 Å². The maximum absolute atomic E-state index is 12.7. The molecule has 0 aliphatic carbocycles. The molecule has 0 unspecified atom stereocenters. The summed E-state index contributed by atoms with van der Waals surface area (Å²) in [7, 11) is 1.81. The van der Waals surface area contributed by atoms with Gasteiger partial charge in [-0.3, -0.25) is 9.48 Å². The predicted molar refractivity (Wildman–Crippen MR) is 90.3 cm³/mol. The highest BCUT2D eigenvalue weighted by Crippen LogP contribution is 2.20. The molecular formula is C17H19N5O. The van der Waals surface area contributed by atoms with Crippen molar-refractivity contribution in [3.05, 3.63) is 52.8 Å². The molecular weight excluding hydrogens is 290 g/mol. The van der Waals surface area contributed by atoms with Crippen LogP contribution in [0.25, 0.3) is 11.0 Å². The normalized spacial score (nSPS) is 11.0. The molecule has 1 amide bonds. The largest absolute Gasteiger partial charge is 0.326 e. The van der Waals surface area contributed by atoms with E-state index in [0.717, 1.165) is 27.9 Å². The van der Waals surface area contributed by atoms with E-state index in [0.29, 0.717) is 17.8 Å². The number of carbonyl (C=O) groups is 1. The van der Waals surface area contributed by atoms with E-state index in [9.17, 15) is 4.79 Å². The number of fused-ring (bicyclic) bond motifs is 1. The Bertz CT molecular complexity index is 897. The van der Waals surface area contributed by atoms with Gasteiger partial charge in [-0.05, 0) is 43.2 Å². The van der Waals surface area contributed by atoms with Gasteiger partial charge in [-0.15, -0.1) is 0 Å². The first-order chi connectivity index (χ1) is 11.0. The summed E-state index contributed by atoms with van der Waals surface area (Å²) < 4.78 is 1.66. The van der Waals surface area contributed by atoms with Crippen molar-refractivity contribution >= 4 is 22.6 Å². The van der Waals surface area contributed by atoms with E-state index in [1.807, 2.05) is 39.1 Å². The minimum Gasteiger partial charge on any atom is -0.326 e. The number of rotatable bonds is 3. The molecule has 3 rings (SSSR count). The van der Waals surface area contributed by atoms with Crippen molar-refractivity contribution < 1.29 is 4.79 Å². The van der Waals surface area contributed by atoms with Crippen LogP contribution in [0.2, 0.25) is 0 Å². The lowest BCUT2D eigenvalue weighted by atomic mass is 10.1. The minimum absolute atomic E-state index is 0.179. The van der Waals surface area contributed by atoms with Gasteiger partial charge in [-0.25, -0.2) is 4.98 Å². The number of anilines is 1. The van der Waals surface area contributed by atoms with Crippen molar-refractivity contribution in [2.24, 2.45) is 12.8 Å². The van der Waals surface area contributed by atoms with Crippen LogP contribution in [0.1, 0.15) is 27.2 Å². The van der Waals surface area contributed by atoms with Gasteiger partial charge in [-0.1, -0.05) is 6.07 Å². The van der Waals surface area contributed by atoms with Gasteiger partial charge in [0.2, 0.25) is 0 Å². The highest BCUT2D eigenvalue weighted by atomic mass is 16.1. The van der Waals surface area contributed by atoms with Crippen molar-refractivity contribution in [2.45, 2.75) is 20.4 Å². The summed E-state index contributed by atoms with van der Waals surface area (Å²) in [4.78, 5) is 17.1. The quantitative estimate of drug-likeness (QED) is 0.777. The first-order valence-electron chi connectivity index (χ1n) is 7.39. The lowest BCUT2D eigenvalue weighted by Crippen LogP contribution is -2.13. The zero-order valence-corrected chi connectivity index (χ0v) is 13.4. The molecule has 1 aromatic carbocycles. The Kier molecular flexibility index (Phi) is 3.83. The molecule has 0 saturated carbocycles. The van der Waals surface area contributed by atoms with Crippen molar-refractivity contribution in [2.75, 3.05) is 5.32 Å². The third-order valence-electron chi connectivity index (χ3n) is 3.71. The summed E-state index contributed by atoms with van der Waals surface area (Å²) in [5.74, 6) is -0.179. The van der Waals surface area contributed by atoms with Crippen LogP contribution in [-0.4, -0.2) is 20.7 Å². The van der Waals surface area contributed by atoms with Crippen molar-refractivity contribution in [1.29, 1.82) is 0 Å². The number of pyridine rings is 1. The summed E-state index contributed by atoms with van der Waals surface area (Å²) in [6.07, 6.45) is 1.66. The van der Waals surface area contributed by atoms with Gasteiger partial charge >= 0.3 is 0 Å². The number of hydrogen-bond acceptors (Lipinski definition) is 4. The number of benzene rings is 1.